The van der Waals surface area contributed by atoms with Crippen molar-refractivity contribution in [2.75, 3.05) is 0 Å². The molecule has 2 aliphatic rings. The van der Waals surface area contributed by atoms with Crippen LogP contribution in [0.5, 0.6) is 0 Å². The molecule has 104 valence electrons. The van der Waals surface area contributed by atoms with Gasteiger partial charge in [-0.3, -0.25) is 4.79 Å². The summed E-state index contributed by atoms with van der Waals surface area (Å²) in [4.78, 5) is 13.3. The number of nitrogens with one attached hydrogen (secondary N) is 2. The van der Waals surface area contributed by atoms with E-state index >= 15 is 0 Å². The number of rotatable bonds is 3. The summed E-state index contributed by atoms with van der Waals surface area (Å²) in [6, 6.07) is 5.36. The van der Waals surface area contributed by atoms with Crippen molar-refractivity contribution in [3.63, 3.8) is 0 Å². The molecule has 3 nitrogen and oxygen atoms in total. The first kappa shape index (κ1) is 13.4. The number of piperidine rings is 1. The minimum Gasteiger partial charge on any atom is -0.353 e. The van der Waals surface area contributed by atoms with E-state index in [0.717, 1.165) is 22.1 Å². The van der Waals surface area contributed by atoms with Crippen LogP contribution in [0.1, 0.15) is 43.4 Å². The lowest BCUT2D eigenvalue weighted by Gasteiger charge is -2.30. The summed E-state index contributed by atoms with van der Waals surface area (Å²) in [5.74, 6) is 0.0230. The van der Waals surface area contributed by atoms with Crippen LogP contribution in [-0.2, 0) is 4.79 Å². The Morgan fingerprint density at radius 1 is 1.42 bits per heavy atom. The minimum atomic E-state index is -0.106. The summed E-state index contributed by atoms with van der Waals surface area (Å²) < 4.78 is 0.745. The number of carbonyl (C=O) groups is 1. The van der Waals surface area contributed by atoms with E-state index in [1.807, 2.05) is 19.1 Å². The summed E-state index contributed by atoms with van der Waals surface area (Å²) in [5, 5.41) is 6.80. The molecule has 0 aliphatic carbocycles. The van der Waals surface area contributed by atoms with Gasteiger partial charge in [-0.2, -0.15) is 0 Å². The van der Waals surface area contributed by atoms with Crippen molar-refractivity contribution in [1.29, 1.82) is 0 Å². The average molecular weight is 299 g/mol. The molecule has 19 heavy (non-hydrogen) atoms. The molecule has 3 atom stereocenters. The minimum absolute atomic E-state index is 0.106. The van der Waals surface area contributed by atoms with Crippen molar-refractivity contribution in [3.8, 4) is 0 Å². The highest BCUT2D eigenvalue weighted by Crippen LogP contribution is 2.30. The van der Waals surface area contributed by atoms with Gasteiger partial charge < -0.3 is 10.6 Å². The van der Waals surface area contributed by atoms with Crippen LogP contribution in [0.15, 0.2) is 12.1 Å². The molecule has 3 unspecified atom stereocenters. The Morgan fingerprint density at radius 3 is 2.68 bits per heavy atom. The highest BCUT2D eigenvalue weighted by atomic mass is 35.5. The summed E-state index contributed by atoms with van der Waals surface area (Å²) in [7, 11) is 0. The Kier molecular flexibility index (Phi) is 3.83. The Labute approximate surface area is 122 Å². The maximum absolute atomic E-state index is 12.3. The van der Waals surface area contributed by atoms with E-state index in [1.54, 1.807) is 0 Å². The third-order valence-electron chi connectivity index (χ3n) is 4.23. The second-order valence-corrected chi connectivity index (χ2v) is 7.43. The molecule has 5 heteroatoms. The average Bonchev–Trinajstić information content (AvgIpc) is 2.95. The van der Waals surface area contributed by atoms with E-state index in [0.29, 0.717) is 18.1 Å². The van der Waals surface area contributed by atoms with Crippen LogP contribution >= 0.6 is 22.9 Å². The number of hydrogen-bond donors (Lipinski definition) is 2. The van der Waals surface area contributed by atoms with Crippen molar-refractivity contribution >= 4 is 28.8 Å². The Bertz CT molecular complexity index is 464. The van der Waals surface area contributed by atoms with Crippen LogP contribution in [0.25, 0.3) is 0 Å². The molecule has 0 aromatic carbocycles. The molecular formula is C14H19ClN2OS. The lowest BCUT2D eigenvalue weighted by atomic mass is 9.98. The van der Waals surface area contributed by atoms with Crippen LogP contribution in [0.3, 0.4) is 0 Å². The molecule has 1 aromatic heterocycles. The number of hydrogen-bond acceptors (Lipinski definition) is 3. The molecule has 2 aliphatic heterocycles. The second kappa shape index (κ2) is 5.43. The quantitative estimate of drug-likeness (QED) is 0.901. The molecule has 0 spiro atoms. The van der Waals surface area contributed by atoms with Crippen LogP contribution < -0.4 is 10.6 Å². The zero-order valence-electron chi connectivity index (χ0n) is 11.0. The van der Waals surface area contributed by atoms with E-state index in [9.17, 15) is 4.79 Å². The Hall–Kier alpha value is -0.580. The highest BCUT2D eigenvalue weighted by Gasteiger charge is 2.34. The number of carbonyl (C=O) groups excluding carboxylic acids is 1. The first-order valence-electron chi connectivity index (χ1n) is 6.93. The van der Waals surface area contributed by atoms with Gasteiger partial charge in [-0.05, 0) is 44.7 Å². The normalized spacial score (nSPS) is 31.2. The van der Waals surface area contributed by atoms with Crippen LogP contribution in [0.4, 0.5) is 0 Å². The second-order valence-electron chi connectivity index (χ2n) is 5.68. The van der Waals surface area contributed by atoms with Gasteiger partial charge in [0.05, 0.1) is 10.3 Å². The molecule has 1 aromatic rings. The van der Waals surface area contributed by atoms with Gasteiger partial charge in [0.1, 0.15) is 0 Å². The lowest BCUT2D eigenvalue weighted by Crippen LogP contribution is -2.48. The standard InChI is InChI=1S/C14H19ClN2OS/c1-8(12-4-5-13(15)19-12)14(18)17-11-6-9-2-3-10(7-11)16-9/h4-5,8-11,16H,2-3,6-7H2,1H3,(H,17,18). The highest BCUT2D eigenvalue weighted by molar-refractivity contribution is 7.16. The van der Waals surface area contributed by atoms with Crippen LogP contribution in [0, 0.1) is 0 Å². The first-order chi connectivity index (χ1) is 9.11. The Balaban J connectivity index is 1.59. The van der Waals surface area contributed by atoms with Gasteiger partial charge >= 0.3 is 0 Å². The molecule has 1 amide bonds. The molecule has 2 N–H and O–H groups in total. The largest absolute Gasteiger partial charge is 0.353 e. The van der Waals surface area contributed by atoms with Gasteiger partial charge in [0.2, 0.25) is 5.91 Å². The molecule has 2 bridgehead atoms. The topological polar surface area (TPSA) is 41.1 Å². The first-order valence-corrected chi connectivity index (χ1v) is 8.13. The van der Waals surface area contributed by atoms with Gasteiger partial charge in [0, 0.05) is 23.0 Å². The van der Waals surface area contributed by atoms with E-state index in [4.69, 9.17) is 11.6 Å². The van der Waals surface area contributed by atoms with Gasteiger partial charge in [-0.15, -0.1) is 11.3 Å². The summed E-state index contributed by atoms with van der Waals surface area (Å²) >= 11 is 7.42. The summed E-state index contributed by atoms with van der Waals surface area (Å²) in [6.07, 6.45) is 4.65. The molecular weight excluding hydrogens is 280 g/mol. The summed E-state index contributed by atoms with van der Waals surface area (Å²) in [6.45, 7) is 1.95. The van der Waals surface area contributed by atoms with Crippen molar-refractivity contribution in [2.45, 2.75) is 56.7 Å². The fraction of sp³-hybridized carbons (Fsp3) is 0.643. The van der Waals surface area contributed by atoms with Gasteiger partial charge in [-0.1, -0.05) is 11.6 Å². The van der Waals surface area contributed by atoms with Crippen molar-refractivity contribution in [3.05, 3.63) is 21.3 Å². The van der Waals surface area contributed by atoms with E-state index in [2.05, 4.69) is 10.6 Å². The molecule has 3 heterocycles. The van der Waals surface area contributed by atoms with E-state index < -0.39 is 0 Å². The number of thiophene rings is 1. The monoisotopic (exact) mass is 298 g/mol. The SMILES string of the molecule is CC(C(=O)NC1CC2CCC(C1)N2)c1ccc(Cl)s1. The zero-order valence-corrected chi connectivity index (χ0v) is 12.6. The molecule has 2 fully saturated rings. The predicted octanol–water partition coefficient (Wildman–Crippen LogP) is 2.90. The van der Waals surface area contributed by atoms with Gasteiger partial charge in [-0.25, -0.2) is 0 Å². The smallest absolute Gasteiger partial charge is 0.228 e. The number of amides is 1. The van der Waals surface area contributed by atoms with Crippen LogP contribution in [0.2, 0.25) is 4.34 Å². The fourth-order valence-electron chi connectivity index (χ4n) is 3.19. The summed E-state index contributed by atoms with van der Waals surface area (Å²) in [5.41, 5.74) is 0. The van der Waals surface area contributed by atoms with Crippen molar-refractivity contribution in [1.82, 2.24) is 10.6 Å². The van der Waals surface area contributed by atoms with Crippen molar-refractivity contribution < 1.29 is 4.79 Å². The Morgan fingerprint density at radius 2 is 2.11 bits per heavy atom. The molecule has 3 rings (SSSR count). The third kappa shape index (κ3) is 2.96. The third-order valence-corrected chi connectivity index (χ3v) is 5.65. The van der Waals surface area contributed by atoms with Gasteiger partial charge in [0.15, 0.2) is 0 Å². The number of halogens is 1. The van der Waals surface area contributed by atoms with E-state index in [-0.39, 0.29) is 11.8 Å². The van der Waals surface area contributed by atoms with E-state index in [1.165, 1.54) is 24.2 Å². The van der Waals surface area contributed by atoms with Crippen LogP contribution in [-0.4, -0.2) is 24.0 Å². The molecule has 0 radical (unpaired) electrons. The number of fused-ring (bicyclic) bond motifs is 2. The maximum Gasteiger partial charge on any atom is 0.228 e. The molecule has 2 saturated heterocycles. The fourth-order valence-corrected chi connectivity index (χ4v) is 4.30. The lowest BCUT2D eigenvalue weighted by molar-refractivity contribution is -0.123. The zero-order chi connectivity index (χ0) is 13.4. The molecule has 0 saturated carbocycles. The van der Waals surface area contributed by atoms with Gasteiger partial charge in [0.25, 0.3) is 0 Å². The van der Waals surface area contributed by atoms with Crippen molar-refractivity contribution in [2.24, 2.45) is 0 Å². The predicted molar refractivity (Wildman–Crippen MR) is 78.9 cm³/mol. The maximum atomic E-state index is 12.3.